The number of piperidine rings is 1. The van der Waals surface area contributed by atoms with E-state index in [0.717, 1.165) is 43.4 Å². The molecule has 1 aromatic heterocycles. The molecule has 0 bridgehead atoms. The van der Waals surface area contributed by atoms with Crippen LogP contribution in [-0.4, -0.2) is 34.9 Å². The average Bonchev–Trinajstić information content (AvgIpc) is 3.01. The summed E-state index contributed by atoms with van der Waals surface area (Å²) in [6, 6.07) is 18.4. The molecular weight excluding hydrogens is 346 g/mol. The van der Waals surface area contributed by atoms with Gasteiger partial charge >= 0.3 is 0 Å². The molecule has 0 aliphatic carbocycles. The molecule has 4 rings (SSSR count). The standard InChI is InChI=1S/C21H22ClN3O/c22-19-17-8-4-5-9-18(17)24-20(19)21(26)23-16-10-12-25(13-11-16)14-15-6-2-1-3-7-15/h1-9,16,24H,10-14H2,(H,23,26). The molecule has 26 heavy (non-hydrogen) atoms. The van der Waals surface area contributed by atoms with Crippen molar-refractivity contribution >= 4 is 28.4 Å². The lowest BCUT2D eigenvalue weighted by Crippen LogP contribution is -2.44. The molecule has 1 amide bonds. The Morgan fingerprint density at radius 3 is 2.50 bits per heavy atom. The second-order valence-corrected chi connectivity index (χ2v) is 7.25. The third kappa shape index (κ3) is 3.62. The van der Waals surface area contributed by atoms with E-state index < -0.39 is 0 Å². The second-order valence-electron chi connectivity index (χ2n) is 6.87. The molecule has 3 aromatic rings. The summed E-state index contributed by atoms with van der Waals surface area (Å²) in [5.74, 6) is -0.118. The Morgan fingerprint density at radius 2 is 1.77 bits per heavy atom. The quantitative estimate of drug-likeness (QED) is 0.725. The van der Waals surface area contributed by atoms with Gasteiger partial charge in [0.25, 0.3) is 5.91 Å². The van der Waals surface area contributed by atoms with E-state index in [1.807, 2.05) is 30.3 Å². The molecule has 2 heterocycles. The van der Waals surface area contributed by atoms with E-state index in [1.54, 1.807) is 0 Å². The van der Waals surface area contributed by atoms with E-state index in [1.165, 1.54) is 5.56 Å². The van der Waals surface area contributed by atoms with E-state index in [0.29, 0.717) is 10.7 Å². The van der Waals surface area contributed by atoms with Crippen molar-refractivity contribution in [1.29, 1.82) is 0 Å². The average molecular weight is 368 g/mol. The van der Waals surface area contributed by atoms with Crippen LogP contribution in [0.15, 0.2) is 54.6 Å². The first kappa shape index (κ1) is 17.1. The molecule has 1 saturated heterocycles. The van der Waals surface area contributed by atoms with Gasteiger partial charge in [-0.2, -0.15) is 0 Å². The van der Waals surface area contributed by atoms with Crippen molar-refractivity contribution in [2.45, 2.75) is 25.4 Å². The first-order valence-electron chi connectivity index (χ1n) is 9.04. The van der Waals surface area contributed by atoms with E-state index in [9.17, 15) is 4.79 Å². The predicted octanol–water partition coefficient (Wildman–Crippen LogP) is 4.22. The lowest BCUT2D eigenvalue weighted by atomic mass is 10.0. The molecule has 4 nitrogen and oxygen atoms in total. The number of rotatable bonds is 4. The largest absolute Gasteiger partial charge is 0.349 e. The van der Waals surface area contributed by atoms with Crippen LogP contribution in [0.2, 0.25) is 5.02 Å². The summed E-state index contributed by atoms with van der Waals surface area (Å²) in [6.07, 6.45) is 1.91. The molecule has 0 spiro atoms. The van der Waals surface area contributed by atoms with Gasteiger partial charge in [0.2, 0.25) is 0 Å². The molecule has 1 aliphatic heterocycles. The fourth-order valence-electron chi connectivity index (χ4n) is 3.60. The van der Waals surface area contributed by atoms with Crippen molar-refractivity contribution in [3.05, 3.63) is 70.9 Å². The number of carbonyl (C=O) groups excluding carboxylic acids is 1. The van der Waals surface area contributed by atoms with Gasteiger partial charge in [0.15, 0.2) is 0 Å². The van der Waals surface area contributed by atoms with Gasteiger partial charge < -0.3 is 10.3 Å². The fourth-order valence-corrected chi connectivity index (χ4v) is 3.90. The van der Waals surface area contributed by atoms with Gasteiger partial charge in [-0.25, -0.2) is 0 Å². The zero-order valence-electron chi connectivity index (χ0n) is 14.5. The van der Waals surface area contributed by atoms with Gasteiger partial charge in [-0.05, 0) is 24.5 Å². The number of nitrogens with zero attached hydrogens (tertiary/aromatic N) is 1. The minimum atomic E-state index is -0.118. The number of aromatic nitrogens is 1. The minimum Gasteiger partial charge on any atom is -0.349 e. The molecule has 0 radical (unpaired) electrons. The number of halogens is 1. The molecule has 0 unspecified atom stereocenters. The van der Waals surface area contributed by atoms with Gasteiger partial charge in [-0.1, -0.05) is 60.1 Å². The Hall–Kier alpha value is -2.30. The molecule has 5 heteroatoms. The maximum atomic E-state index is 12.6. The van der Waals surface area contributed by atoms with Crippen LogP contribution in [0.1, 0.15) is 28.9 Å². The van der Waals surface area contributed by atoms with Crippen LogP contribution in [0.3, 0.4) is 0 Å². The highest BCUT2D eigenvalue weighted by Crippen LogP contribution is 2.27. The Balaban J connectivity index is 1.35. The summed E-state index contributed by atoms with van der Waals surface area (Å²) in [5, 5.41) is 4.53. The summed E-state index contributed by atoms with van der Waals surface area (Å²) < 4.78 is 0. The summed E-state index contributed by atoms with van der Waals surface area (Å²) in [4.78, 5) is 18.2. The van der Waals surface area contributed by atoms with Crippen LogP contribution >= 0.6 is 11.6 Å². The molecule has 134 valence electrons. The number of carbonyl (C=O) groups is 1. The Labute approximate surface area is 158 Å². The monoisotopic (exact) mass is 367 g/mol. The zero-order chi connectivity index (χ0) is 17.9. The SMILES string of the molecule is O=C(NC1CCN(Cc2ccccc2)CC1)c1[nH]c2ccccc2c1Cl. The number of aromatic amines is 1. The summed E-state index contributed by atoms with van der Waals surface area (Å²) in [5.41, 5.74) is 2.68. The maximum Gasteiger partial charge on any atom is 0.269 e. The summed E-state index contributed by atoms with van der Waals surface area (Å²) in [6.45, 7) is 2.94. The Kier molecular flexibility index (Phi) is 4.96. The van der Waals surface area contributed by atoms with Crippen molar-refractivity contribution in [2.24, 2.45) is 0 Å². The van der Waals surface area contributed by atoms with Gasteiger partial charge in [0.05, 0.1) is 5.02 Å². The number of amides is 1. The highest BCUT2D eigenvalue weighted by Gasteiger charge is 2.23. The number of benzene rings is 2. The van der Waals surface area contributed by atoms with Gasteiger partial charge in [0.1, 0.15) is 5.69 Å². The van der Waals surface area contributed by atoms with E-state index in [4.69, 9.17) is 11.6 Å². The van der Waals surface area contributed by atoms with Crippen molar-refractivity contribution in [3.63, 3.8) is 0 Å². The number of likely N-dealkylation sites (tertiary alicyclic amines) is 1. The first-order valence-corrected chi connectivity index (χ1v) is 9.42. The lowest BCUT2D eigenvalue weighted by Gasteiger charge is -2.32. The highest BCUT2D eigenvalue weighted by atomic mass is 35.5. The number of hydrogen-bond acceptors (Lipinski definition) is 2. The molecule has 1 fully saturated rings. The van der Waals surface area contributed by atoms with Gasteiger partial charge in [-0.3, -0.25) is 9.69 Å². The van der Waals surface area contributed by atoms with Gasteiger partial charge in [-0.15, -0.1) is 0 Å². The maximum absolute atomic E-state index is 12.6. The van der Waals surface area contributed by atoms with Crippen LogP contribution < -0.4 is 5.32 Å². The van der Waals surface area contributed by atoms with Crippen molar-refractivity contribution in [3.8, 4) is 0 Å². The Morgan fingerprint density at radius 1 is 1.08 bits per heavy atom. The van der Waals surface area contributed by atoms with E-state index in [2.05, 4.69) is 39.5 Å². The fraction of sp³-hybridized carbons (Fsp3) is 0.286. The van der Waals surface area contributed by atoms with Crippen molar-refractivity contribution < 1.29 is 4.79 Å². The molecule has 0 saturated carbocycles. The third-order valence-corrected chi connectivity index (χ3v) is 5.43. The van der Waals surface area contributed by atoms with Crippen LogP contribution in [0.4, 0.5) is 0 Å². The predicted molar refractivity (Wildman–Crippen MR) is 106 cm³/mol. The minimum absolute atomic E-state index is 0.118. The van der Waals surface area contributed by atoms with Crippen LogP contribution in [-0.2, 0) is 6.54 Å². The lowest BCUT2D eigenvalue weighted by molar-refractivity contribution is 0.0905. The zero-order valence-corrected chi connectivity index (χ0v) is 15.3. The van der Waals surface area contributed by atoms with E-state index in [-0.39, 0.29) is 11.9 Å². The second kappa shape index (κ2) is 7.52. The van der Waals surface area contributed by atoms with E-state index >= 15 is 0 Å². The molecule has 2 N–H and O–H groups in total. The molecule has 0 atom stereocenters. The van der Waals surface area contributed by atoms with Crippen LogP contribution in [0.5, 0.6) is 0 Å². The van der Waals surface area contributed by atoms with Crippen molar-refractivity contribution in [1.82, 2.24) is 15.2 Å². The third-order valence-electron chi connectivity index (χ3n) is 5.04. The first-order chi connectivity index (χ1) is 12.7. The number of H-pyrrole nitrogens is 1. The molecule has 1 aliphatic rings. The highest BCUT2D eigenvalue weighted by molar-refractivity contribution is 6.38. The number of fused-ring (bicyclic) bond motifs is 1. The normalized spacial score (nSPS) is 16.0. The number of hydrogen-bond donors (Lipinski definition) is 2. The van der Waals surface area contributed by atoms with Crippen molar-refractivity contribution in [2.75, 3.05) is 13.1 Å². The molecular formula is C21H22ClN3O. The topological polar surface area (TPSA) is 48.1 Å². The number of para-hydroxylation sites is 1. The van der Waals surface area contributed by atoms with Crippen LogP contribution in [0, 0.1) is 0 Å². The smallest absolute Gasteiger partial charge is 0.269 e. The van der Waals surface area contributed by atoms with Gasteiger partial charge in [0, 0.05) is 36.6 Å². The molecule has 2 aromatic carbocycles. The number of nitrogens with one attached hydrogen (secondary N) is 2. The van der Waals surface area contributed by atoms with Crippen LogP contribution in [0.25, 0.3) is 10.9 Å². The summed E-state index contributed by atoms with van der Waals surface area (Å²) >= 11 is 6.38. The Bertz CT molecular complexity index is 898. The summed E-state index contributed by atoms with van der Waals surface area (Å²) in [7, 11) is 0.